The first-order chi connectivity index (χ1) is 12.0. The van der Waals surface area contributed by atoms with Gasteiger partial charge in [0, 0.05) is 10.6 Å². The molecular formula is C17H14Cl2N4OS. The zero-order valence-corrected chi connectivity index (χ0v) is 15.5. The Morgan fingerprint density at radius 3 is 2.80 bits per heavy atom. The van der Waals surface area contributed by atoms with Crippen molar-refractivity contribution >= 4 is 46.6 Å². The van der Waals surface area contributed by atoms with E-state index in [4.69, 9.17) is 23.2 Å². The highest BCUT2D eigenvalue weighted by molar-refractivity contribution is 7.99. The first-order valence-corrected chi connectivity index (χ1v) is 9.13. The maximum atomic E-state index is 12.1. The van der Waals surface area contributed by atoms with Crippen LogP contribution in [0.5, 0.6) is 0 Å². The largest absolute Gasteiger partial charge is 0.324 e. The highest BCUT2D eigenvalue weighted by Crippen LogP contribution is 2.26. The fourth-order valence-corrected chi connectivity index (χ4v) is 3.23. The Labute approximate surface area is 159 Å². The summed E-state index contributed by atoms with van der Waals surface area (Å²) >= 11 is 13.1. The molecule has 5 nitrogen and oxygen atoms in total. The van der Waals surface area contributed by atoms with Gasteiger partial charge in [-0.1, -0.05) is 59.2 Å². The lowest BCUT2D eigenvalue weighted by atomic mass is 10.1. The Morgan fingerprint density at radius 2 is 2.04 bits per heavy atom. The quantitative estimate of drug-likeness (QED) is 0.610. The summed E-state index contributed by atoms with van der Waals surface area (Å²) in [7, 11) is 0. The number of H-pyrrole nitrogens is 1. The van der Waals surface area contributed by atoms with Crippen LogP contribution in [0.4, 0.5) is 5.69 Å². The van der Waals surface area contributed by atoms with Gasteiger partial charge in [-0.05, 0) is 30.7 Å². The summed E-state index contributed by atoms with van der Waals surface area (Å²) in [6.45, 7) is 2.01. The topological polar surface area (TPSA) is 70.7 Å². The lowest BCUT2D eigenvalue weighted by molar-refractivity contribution is -0.113. The van der Waals surface area contributed by atoms with Crippen LogP contribution >= 0.6 is 35.0 Å². The predicted octanol–water partition coefficient (Wildman–Crippen LogP) is 4.82. The fourth-order valence-electron chi connectivity index (χ4n) is 2.18. The average Bonchev–Trinajstić information content (AvgIpc) is 3.05. The molecule has 0 aliphatic carbocycles. The summed E-state index contributed by atoms with van der Waals surface area (Å²) in [5.41, 5.74) is 2.61. The van der Waals surface area contributed by atoms with Crippen molar-refractivity contribution < 1.29 is 4.79 Å². The minimum atomic E-state index is -0.198. The van der Waals surface area contributed by atoms with Crippen LogP contribution in [0.2, 0.25) is 10.0 Å². The van der Waals surface area contributed by atoms with Crippen LogP contribution in [0.15, 0.2) is 47.6 Å². The number of nitrogens with zero attached hydrogens (tertiary/aromatic N) is 2. The van der Waals surface area contributed by atoms with E-state index < -0.39 is 0 Å². The molecule has 1 heterocycles. The van der Waals surface area contributed by atoms with E-state index in [9.17, 15) is 4.79 Å². The van der Waals surface area contributed by atoms with E-state index in [-0.39, 0.29) is 11.7 Å². The SMILES string of the molecule is Cc1ccccc1-c1nc(SCC(=O)Nc2ccc(Cl)cc2Cl)n[nH]1. The lowest BCUT2D eigenvalue weighted by Gasteiger charge is -2.06. The van der Waals surface area contributed by atoms with Crippen molar-refractivity contribution in [1.29, 1.82) is 0 Å². The van der Waals surface area contributed by atoms with Crippen molar-refractivity contribution in [2.75, 3.05) is 11.1 Å². The summed E-state index contributed by atoms with van der Waals surface area (Å²) in [6.07, 6.45) is 0. The molecule has 0 aliphatic heterocycles. The Balaban J connectivity index is 1.60. The molecule has 2 aromatic carbocycles. The molecule has 0 fully saturated rings. The molecular weight excluding hydrogens is 379 g/mol. The number of aromatic nitrogens is 3. The molecule has 0 spiro atoms. The van der Waals surface area contributed by atoms with Crippen molar-refractivity contribution in [3.8, 4) is 11.4 Å². The molecule has 0 unspecified atom stereocenters. The van der Waals surface area contributed by atoms with Crippen LogP contribution in [0.3, 0.4) is 0 Å². The van der Waals surface area contributed by atoms with Gasteiger partial charge in [0.15, 0.2) is 5.82 Å². The summed E-state index contributed by atoms with van der Waals surface area (Å²) in [5.74, 6) is 0.655. The summed E-state index contributed by atoms with van der Waals surface area (Å²) in [6, 6.07) is 12.8. The number of thioether (sulfide) groups is 1. The highest BCUT2D eigenvalue weighted by atomic mass is 35.5. The van der Waals surface area contributed by atoms with E-state index in [1.54, 1.807) is 18.2 Å². The highest BCUT2D eigenvalue weighted by Gasteiger charge is 2.11. The molecule has 0 aliphatic rings. The number of amides is 1. The van der Waals surface area contributed by atoms with E-state index in [2.05, 4.69) is 20.5 Å². The first kappa shape index (κ1) is 17.8. The van der Waals surface area contributed by atoms with Gasteiger partial charge in [-0.3, -0.25) is 9.89 Å². The third kappa shape index (κ3) is 4.54. The van der Waals surface area contributed by atoms with Gasteiger partial charge in [-0.15, -0.1) is 5.10 Å². The standard InChI is InChI=1S/C17H14Cl2N4OS/c1-10-4-2-3-5-12(10)16-21-17(23-22-16)25-9-15(24)20-14-7-6-11(18)8-13(14)19/h2-8H,9H2,1H3,(H,20,24)(H,21,22,23). The molecule has 2 N–H and O–H groups in total. The van der Waals surface area contributed by atoms with Crippen LogP contribution in [0.25, 0.3) is 11.4 Å². The van der Waals surface area contributed by atoms with Gasteiger partial charge < -0.3 is 5.32 Å². The molecule has 1 aromatic heterocycles. The van der Waals surface area contributed by atoms with Gasteiger partial charge >= 0.3 is 0 Å². The number of hydrogen-bond acceptors (Lipinski definition) is 4. The summed E-state index contributed by atoms with van der Waals surface area (Å²) in [5, 5.41) is 11.2. The lowest BCUT2D eigenvalue weighted by Crippen LogP contribution is -2.14. The third-order valence-electron chi connectivity index (χ3n) is 3.40. The van der Waals surface area contributed by atoms with E-state index in [1.165, 1.54) is 11.8 Å². The van der Waals surface area contributed by atoms with Gasteiger partial charge in [0.1, 0.15) is 0 Å². The van der Waals surface area contributed by atoms with Gasteiger partial charge in [0.2, 0.25) is 11.1 Å². The van der Waals surface area contributed by atoms with Gasteiger partial charge in [0.05, 0.1) is 16.5 Å². The second kappa shape index (κ2) is 7.91. The number of aryl methyl sites for hydroxylation is 1. The Hall–Kier alpha value is -2.02. The second-order valence-electron chi connectivity index (χ2n) is 5.24. The number of rotatable bonds is 5. The number of carbonyl (C=O) groups is 1. The number of anilines is 1. The number of carbonyl (C=O) groups excluding carboxylic acids is 1. The van der Waals surface area contributed by atoms with Crippen LogP contribution in [0, 0.1) is 6.92 Å². The van der Waals surface area contributed by atoms with Crippen LogP contribution in [-0.4, -0.2) is 26.8 Å². The van der Waals surface area contributed by atoms with E-state index >= 15 is 0 Å². The third-order valence-corrected chi connectivity index (χ3v) is 4.80. The Morgan fingerprint density at radius 1 is 1.24 bits per heavy atom. The summed E-state index contributed by atoms with van der Waals surface area (Å²) < 4.78 is 0. The monoisotopic (exact) mass is 392 g/mol. The van der Waals surface area contributed by atoms with E-state index in [0.29, 0.717) is 26.7 Å². The van der Waals surface area contributed by atoms with Crippen LogP contribution < -0.4 is 5.32 Å². The summed E-state index contributed by atoms with van der Waals surface area (Å²) in [4.78, 5) is 16.5. The fraction of sp³-hybridized carbons (Fsp3) is 0.118. The zero-order chi connectivity index (χ0) is 17.8. The smallest absolute Gasteiger partial charge is 0.234 e. The first-order valence-electron chi connectivity index (χ1n) is 7.39. The number of benzene rings is 2. The molecule has 0 bridgehead atoms. The zero-order valence-electron chi connectivity index (χ0n) is 13.2. The maximum absolute atomic E-state index is 12.1. The van der Waals surface area contributed by atoms with Crippen molar-refractivity contribution in [2.45, 2.75) is 12.1 Å². The van der Waals surface area contributed by atoms with Gasteiger partial charge in [-0.25, -0.2) is 4.98 Å². The minimum Gasteiger partial charge on any atom is -0.324 e. The molecule has 128 valence electrons. The molecule has 1 amide bonds. The Kier molecular flexibility index (Phi) is 5.63. The number of hydrogen-bond donors (Lipinski definition) is 2. The molecule has 3 rings (SSSR count). The molecule has 0 atom stereocenters. The van der Waals surface area contributed by atoms with Crippen molar-refractivity contribution in [1.82, 2.24) is 15.2 Å². The number of aromatic amines is 1. The normalized spacial score (nSPS) is 10.7. The van der Waals surface area contributed by atoms with Gasteiger partial charge in [-0.2, -0.15) is 0 Å². The molecule has 25 heavy (non-hydrogen) atoms. The number of halogens is 2. The Bertz CT molecular complexity index is 913. The van der Waals surface area contributed by atoms with Crippen molar-refractivity contribution in [2.24, 2.45) is 0 Å². The molecule has 0 radical (unpaired) electrons. The van der Waals surface area contributed by atoms with Gasteiger partial charge in [0.25, 0.3) is 0 Å². The predicted molar refractivity (Wildman–Crippen MR) is 102 cm³/mol. The average molecular weight is 393 g/mol. The van der Waals surface area contributed by atoms with E-state index in [1.807, 2.05) is 31.2 Å². The molecule has 0 saturated carbocycles. The second-order valence-corrected chi connectivity index (χ2v) is 7.03. The minimum absolute atomic E-state index is 0.171. The van der Waals surface area contributed by atoms with Crippen LogP contribution in [0.1, 0.15) is 5.56 Å². The van der Waals surface area contributed by atoms with Crippen molar-refractivity contribution in [3.63, 3.8) is 0 Å². The molecule has 0 saturated heterocycles. The maximum Gasteiger partial charge on any atom is 0.234 e. The molecule has 8 heteroatoms. The number of nitrogens with one attached hydrogen (secondary N) is 2. The molecule has 3 aromatic rings. The van der Waals surface area contributed by atoms with Crippen LogP contribution in [-0.2, 0) is 4.79 Å². The van der Waals surface area contributed by atoms with Crippen molar-refractivity contribution in [3.05, 3.63) is 58.1 Å². The van der Waals surface area contributed by atoms with E-state index in [0.717, 1.165) is 11.1 Å².